The van der Waals surface area contributed by atoms with Gasteiger partial charge in [-0.2, -0.15) is 0 Å². The first-order chi connectivity index (χ1) is 8.43. The highest BCUT2D eigenvalue weighted by molar-refractivity contribution is 6.18. The number of para-hydroxylation sites is 1. The highest BCUT2D eigenvalue weighted by Gasteiger charge is 2.31. The number of halogens is 1. The van der Waals surface area contributed by atoms with E-state index in [-0.39, 0.29) is 18.1 Å². The number of hydrogen-bond acceptors (Lipinski definition) is 3. The van der Waals surface area contributed by atoms with E-state index in [4.69, 9.17) is 16.3 Å². The molecule has 0 aromatic heterocycles. The van der Waals surface area contributed by atoms with Crippen molar-refractivity contribution >= 4 is 17.7 Å². The van der Waals surface area contributed by atoms with Gasteiger partial charge in [0.05, 0.1) is 6.00 Å². The van der Waals surface area contributed by atoms with Gasteiger partial charge in [-0.05, 0) is 19.4 Å². The molecule has 1 aromatic carbocycles. The van der Waals surface area contributed by atoms with Crippen LogP contribution in [0.5, 0.6) is 5.75 Å². The minimum atomic E-state index is -1.28. The van der Waals surface area contributed by atoms with Crippen LogP contribution in [0.15, 0.2) is 18.2 Å². The van der Waals surface area contributed by atoms with E-state index >= 15 is 0 Å². The molecule has 0 saturated carbocycles. The largest absolute Gasteiger partial charge is 0.530 e. The number of carboxylic acid groups (broad SMARTS) is 1. The molecule has 0 atom stereocenters. The van der Waals surface area contributed by atoms with E-state index in [0.29, 0.717) is 0 Å². The van der Waals surface area contributed by atoms with Gasteiger partial charge in [0.1, 0.15) is 17.4 Å². The van der Waals surface area contributed by atoms with Gasteiger partial charge in [-0.25, -0.2) is 0 Å². The summed E-state index contributed by atoms with van der Waals surface area (Å²) >= 11 is 5.58. The van der Waals surface area contributed by atoms with Crippen LogP contribution in [0.3, 0.4) is 0 Å². The highest BCUT2D eigenvalue weighted by atomic mass is 35.5. The summed E-state index contributed by atoms with van der Waals surface area (Å²) in [6.07, 6.45) is -0.456. The standard InChI is InChI=1S/C13H16ClNO3/c1-13(2)6-9-4-3-5-10(11(9)18-13)7-15(8-14)12(16)17/h3-5H,6-8H2,1-2H3,(H,16,17)/p-1. The van der Waals surface area contributed by atoms with Gasteiger partial charge >= 0.3 is 0 Å². The van der Waals surface area contributed by atoms with Crippen molar-refractivity contribution in [1.82, 2.24) is 4.90 Å². The normalized spacial score (nSPS) is 15.9. The molecule has 0 radical (unpaired) electrons. The lowest BCUT2D eigenvalue weighted by atomic mass is 10.0. The highest BCUT2D eigenvalue weighted by Crippen LogP contribution is 2.37. The topological polar surface area (TPSA) is 52.6 Å². The quantitative estimate of drug-likeness (QED) is 0.620. The molecule has 4 nitrogen and oxygen atoms in total. The Labute approximate surface area is 111 Å². The van der Waals surface area contributed by atoms with Crippen molar-refractivity contribution in [2.45, 2.75) is 32.4 Å². The van der Waals surface area contributed by atoms with E-state index in [2.05, 4.69) is 0 Å². The Balaban J connectivity index is 2.27. The van der Waals surface area contributed by atoms with Crippen LogP contribution in [-0.4, -0.2) is 22.6 Å². The van der Waals surface area contributed by atoms with Crippen LogP contribution >= 0.6 is 11.6 Å². The minimum absolute atomic E-state index is 0.116. The lowest BCUT2D eigenvalue weighted by Gasteiger charge is -2.24. The van der Waals surface area contributed by atoms with Crippen molar-refractivity contribution in [1.29, 1.82) is 0 Å². The number of alkyl halides is 1. The number of rotatable bonds is 3. The molecule has 0 aliphatic carbocycles. The SMILES string of the molecule is CC1(C)Cc2cccc(CN(CCl)C(=O)[O-])c2O1. The Hall–Kier alpha value is -1.42. The molecule has 0 bridgehead atoms. The molecule has 0 unspecified atom stereocenters. The van der Waals surface area contributed by atoms with Crippen molar-refractivity contribution in [3.05, 3.63) is 29.3 Å². The average Bonchev–Trinajstić information content (AvgIpc) is 2.60. The van der Waals surface area contributed by atoms with Gasteiger partial charge in [0.15, 0.2) is 0 Å². The number of benzene rings is 1. The van der Waals surface area contributed by atoms with Gasteiger partial charge in [-0.15, -0.1) is 11.6 Å². The van der Waals surface area contributed by atoms with Crippen molar-refractivity contribution in [2.75, 3.05) is 6.00 Å². The summed E-state index contributed by atoms with van der Waals surface area (Å²) < 4.78 is 5.87. The van der Waals surface area contributed by atoms with Crippen molar-refractivity contribution in [3.63, 3.8) is 0 Å². The van der Waals surface area contributed by atoms with E-state index < -0.39 is 6.09 Å². The minimum Gasteiger partial charge on any atom is -0.530 e. The first-order valence-corrected chi connectivity index (χ1v) is 6.28. The molecule has 1 aromatic rings. The number of carbonyl (C=O) groups is 1. The van der Waals surface area contributed by atoms with Gasteiger partial charge in [0.2, 0.25) is 0 Å². The summed E-state index contributed by atoms with van der Waals surface area (Å²) in [6.45, 7) is 4.20. The third-order valence-electron chi connectivity index (χ3n) is 2.94. The Morgan fingerprint density at radius 2 is 2.28 bits per heavy atom. The van der Waals surface area contributed by atoms with Crippen LogP contribution in [0.2, 0.25) is 0 Å². The number of carbonyl (C=O) groups excluding carboxylic acids is 1. The summed E-state index contributed by atoms with van der Waals surface area (Å²) in [5.74, 6) is 0.777. The smallest absolute Gasteiger partial charge is 0.138 e. The fourth-order valence-electron chi connectivity index (χ4n) is 2.17. The second kappa shape index (κ2) is 4.69. The van der Waals surface area contributed by atoms with Crippen LogP contribution in [0.4, 0.5) is 4.79 Å². The molecule has 0 fully saturated rings. The summed E-state index contributed by atoms with van der Waals surface area (Å²) in [6, 6.07) is 5.64. The van der Waals surface area contributed by atoms with Gasteiger partial charge in [0, 0.05) is 18.5 Å². The predicted molar refractivity (Wildman–Crippen MR) is 66.5 cm³/mol. The third kappa shape index (κ3) is 2.53. The molecule has 0 spiro atoms. The number of nitrogens with zero attached hydrogens (tertiary/aromatic N) is 1. The van der Waals surface area contributed by atoms with E-state index in [1.54, 1.807) is 0 Å². The number of fused-ring (bicyclic) bond motifs is 1. The van der Waals surface area contributed by atoms with Gasteiger partial charge in [-0.3, -0.25) is 0 Å². The molecule has 1 heterocycles. The van der Waals surface area contributed by atoms with Crippen LogP contribution in [0.25, 0.3) is 0 Å². The van der Waals surface area contributed by atoms with Crippen molar-refractivity contribution in [2.24, 2.45) is 0 Å². The molecular weight excluding hydrogens is 254 g/mol. The predicted octanol–water partition coefficient (Wildman–Crippen LogP) is 1.74. The summed E-state index contributed by atoms with van der Waals surface area (Å²) in [4.78, 5) is 11.9. The van der Waals surface area contributed by atoms with Crippen LogP contribution in [-0.2, 0) is 13.0 Å². The van der Waals surface area contributed by atoms with E-state index in [1.165, 1.54) is 0 Å². The fourth-order valence-corrected chi connectivity index (χ4v) is 2.35. The molecule has 0 N–H and O–H groups in total. The lowest BCUT2D eigenvalue weighted by molar-refractivity contribution is -0.265. The Morgan fingerprint density at radius 1 is 1.56 bits per heavy atom. The maximum absolute atomic E-state index is 10.9. The summed E-state index contributed by atoms with van der Waals surface area (Å²) in [5, 5.41) is 10.9. The number of amides is 1. The summed E-state index contributed by atoms with van der Waals surface area (Å²) in [5.41, 5.74) is 1.68. The second-order valence-electron chi connectivity index (χ2n) is 5.03. The molecule has 1 aliphatic heterocycles. The molecular formula is C13H15ClNO3-. The molecule has 1 aliphatic rings. The Bertz CT molecular complexity index is 473. The van der Waals surface area contributed by atoms with Gasteiger partial charge < -0.3 is 19.5 Å². The third-order valence-corrected chi connectivity index (χ3v) is 3.22. The first kappa shape index (κ1) is 13.0. The summed E-state index contributed by atoms with van der Waals surface area (Å²) in [7, 11) is 0. The van der Waals surface area contributed by atoms with Gasteiger partial charge in [0.25, 0.3) is 0 Å². The average molecular weight is 269 g/mol. The van der Waals surface area contributed by atoms with Gasteiger partial charge in [-0.1, -0.05) is 18.2 Å². The molecule has 2 rings (SSSR count). The zero-order valence-corrected chi connectivity index (χ0v) is 11.2. The molecule has 5 heteroatoms. The lowest BCUT2D eigenvalue weighted by Crippen LogP contribution is -2.40. The first-order valence-electron chi connectivity index (χ1n) is 5.74. The van der Waals surface area contributed by atoms with Crippen LogP contribution in [0, 0.1) is 0 Å². The van der Waals surface area contributed by atoms with Crippen molar-refractivity contribution < 1.29 is 14.6 Å². The monoisotopic (exact) mass is 268 g/mol. The Morgan fingerprint density at radius 3 is 2.89 bits per heavy atom. The number of hydrogen-bond donors (Lipinski definition) is 0. The zero-order chi connectivity index (χ0) is 13.3. The maximum atomic E-state index is 10.9. The maximum Gasteiger partial charge on any atom is 0.138 e. The molecule has 1 amide bonds. The van der Waals surface area contributed by atoms with Crippen LogP contribution in [0.1, 0.15) is 25.0 Å². The zero-order valence-electron chi connectivity index (χ0n) is 10.4. The van der Waals surface area contributed by atoms with E-state index in [1.807, 2.05) is 32.0 Å². The van der Waals surface area contributed by atoms with E-state index in [0.717, 1.165) is 28.2 Å². The fraction of sp³-hybridized carbons (Fsp3) is 0.462. The number of ether oxygens (including phenoxy) is 1. The molecule has 18 heavy (non-hydrogen) atoms. The van der Waals surface area contributed by atoms with E-state index in [9.17, 15) is 9.90 Å². The van der Waals surface area contributed by atoms with Crippen molar-refractivity contribution in [3.8, 4) is 5.75 Å². The second-order valence-corrected chi connectivity index (χ2v) is 5.27. The molecule has 0 saturated heterocycles. The Kier molecular flexibility index (Phi) is 3.39. The molecule has 98 valence electrons. The van der Waals surface area contributed by atoms with Crippen LogP contribution < -0.4 is 9.84 Å².